The van der Waals surface area contributed by atoms with Gasteiger partial charge < -0.3 is 10.6 Å². The number of piperidine rings is 1. The van der Waals surface area contributed by atoms with Gasteiger partial charge in [0.05, 0.1) is 0 Å². The van der Waals surface area contributed by atoms with E-state index in [1.165, 1.54) is 0 Å². The van der Waals surface area contributed by atoms with Crippen LogP contribution in [0.1, 0.15) is 12.8 Å². The van der Waals surface area contributed by atoms with E-state index in [-0.39, 0.29) is 11.6 Å². The average molecular weight is 195 g/mol. The minimum Gasteiger partial charge on any atom is -0.339 e. The lowest BCUT2D eigenvalue weighted by Crippen LogP contribution is -2.44. The smallest absolute Gasteiger partial charge is 0.271 e. The summed E-state index contributed by atoms with van der Waals surface area (Å²) in [6, 6.07) is 0.161. The molecule has 0 amide bonds. The lowest BCUT2D eigenvalue weighted by atomic mass is 10.1. The molecule has 1 unspecified atom stereocenters. The average Bonchev–Trinajstić information content (AvgIpc) is 2.18. The number of nitrogens with one attached hydrogen (secondary N) is 1. The Morgan fingerprint density at radius 2 is 2.50 bits per heavy atom. The maximum absolute atomic E-state index is 11.0. The SMILES string of the molecule is NC1CCCN(c2nncc(=O)[nH]2)C1. The summed E-state index contributed by atoms with van der Waals surface area (Å²) in [4.78, 5) is 15.6. The lowest BCUT2D eigenvalue weighted by molar-refractivity contribution is 0.497. The number of H-pyrrole nitrogens is 1. The van der Waals surface area contributed by atoms with Gasteiger partial charge in [0, 0.05) is 19.1 Å². The van der Waals surface area contributed by atoms with E-state index >= 15 is 0 Å². The van der Waals surface area contributed by atoms with Crippen molar-refractivity contribution in [3.63, 3.8) is 0 Å². The predicted octanol–water partition coefficient (Wildman–Crippen LogP) is -0.908. The van der Waals surface area contributed by atoms with Crippen LogP contribution in [0.2, 0.25) is 0 Å². The fourth-order valence-electron chi connectivity index (χ4n) is 1.65. The predicted molar refractivity (Wildman–Crippen MR) is 52.1 cm³/mol. The minimum absolute atomic E-state index is 0.161. The molecule has 1 aromatic heterocycles. The van der Waals surface area contributed by atoms with Crippen LogP contribution in [0.3, 0.4) is 0 Å². The van der Waals surface area contributed by atoms with Crippen molar-refractivity contribution in [2.45, 2.75) is 18.9 Å². The van der Waals surface area contributed by atoms with Gasteiger partial charge in [-0.25, -0.2) is 0 Å². The molecule has 76 valence electrons. The quantitative estimate of drug-likeness (QED) is 0.606. The number of nitrogens with two attached hydrogens (primary N) is 1. The molecule has 0 aromatic carbocycles. The summed E-state index contributed by atoms with van der Waals surface area (Å²) in [7, 11) is 0. The fourth-order valence-corrected chi connectivity index (χ4v) is 1.65. The van der Waals surface area contributed by atoms with Gasteiger partial charge in [0.25, 0.3) is 5.56 Å². The van der Waals surface area contributed by atoms with Crippen LogP contribution in [0.4, 0.5) is 5.95 Å². The maximum atomic E-state index is 11.0. The third kappa shape index (κ3) is 1.90. The normalized spacial score (nSPS) is 22.4. The molecule has 1 aromatic rings. The van der Waals surface area contributed by atoms with Gasteiger partial charge >= 0.3 is 0 Å². The molecule has 14 heavy (non-hydrogen) atoms. The summed E-state index contributed by atoms with van der Waals surface area (Å²) in [6.45, 7) is 1.61. The molecule has 1 atom stereocenters. The molecule has 3 N–H and O–H groups in total. The number of nitrogens with zero attached hydrogens (tertiary/aromatic N) is 3. The Bertz CT molecular complexity index is 363. The second-order valence-electron chi connectivity index (χ2n) is 3.51. The first-order chi connectivity index (χ1) is 6.75. The molecule has 1 saturated heterocycles. The Morgan fingerprint density at radius 1 is 1.64 bits per heavy atom. The molecule has 1 aliphatic heterocycles. The van der Waals surface area contributed by atoms with E-state index in [0.717, 1.165) is 32.1 Å². The van der Waals surface area contributed by atoms with Gasteiger partial charge in [0.15, 0.2) is 0 Å². The second-order valence-corrected chi connectivity index (χ2v) is 3.51. The Morgan fingerprint density at radius 3 is 3.21 bits per heavy atom. The molecule has 0 aliphatic carbocycles. The summed E-state index contributed by atoms with van der Waals surface area (Å²) in [6.07, 6.45) is 3.22. The molecule has 0 saturated carbocycles. The number of rotatable bonds is 1. The van der Waals surface area contributed by atoms with Crippen LogP contribution >= 0.6 is 0 Å². The lowest BCUT2D eigenvalue weighted by Gasteiger charge is -2.30. The maximum Gasteiger partial charge on any atom is 0.271 e. The first kappa shape index (κ1) is 9.14. The molecule has 2 rings (SSSR count). The zero-order chi connectivity index (χ0) is 9.97. The van der Waals surface area contributed by atoms with Crippen LogP contribution in [0.25, 0.3) is 0 Å². The molecule has 0 radical (unpaired) electrons. The van der Waals surface area contributed by atoms with Crippen molar-refractivity contribution in [1.29, 1.82) is 0 Å². The van der Waals surface area contributed by atoms with E-state index in [4.69, 9.17) is 5.73 Å². The number of aromatic nitrogens is 3. The van der Waals surface area contributed by atoms with Gasteiger partial charge in [-0.1, -0.05) is 0 Å². The summed E-state index contributed by atoms with van der Waals surface area (Å²) >= 11 is 0. The Kier molecular flexibility index (Phi) is 2.45. The van der Waals surface area contributed by atoms with Crippen molar-refractivity contribution >= 4 is 5.95 Å². The third-order valence-electron chi connectivity index (χ3n) is 2.32. The van der Waals surface area contributed by atoms with Gasteiger partial charge in [-0.3, -0.25) is 9.78 Å². The molecule has 0 bridgehead atoms. The van der Waals surface area contributed by atoms with Crippen molar-refractivity contribution in [2.75, 3.05) is 18.0 Å². The van der Waals surface area contributed by atoms with E-state index in [2.05, 4.69) is 15.2 Å². The zero-order valence-corrected chi connectivity index (χ0v) is 7.81. The molecule has 0 spiro atoms. The number of anilines is 1. The summed E-state index contributed by atoms with van der Waals surface area (Å²) in [5.74, 6) is 0.521. The first-order valence-electron chi connectivity index (χ1n) is 4.68. The summed E-state index contributed by atoms with van der Waals surface area (Å²) < 4.78 is 0. The topological polar surface area (TPSA) is 87.9 Å². The molecule has 1 fully saturated rings. The van der Waals surface area contributed by atoms with Crippen molar-refractivity contribution in [2.24, 2.45) is 5.73 Å². The molecular weight excluding hydrogens is 182 g/mol. The Hall–Kier alpha value is -1.43. The van der Waals surface area contributed by atoms with Gasteiger partial charge in [-0.15, -0.1) is 10.2 Å². The molecule has 1 aliphatic rings. The molecule has 2 heterocycles. The van der Waals surface area contributed by atoms with Crippen LogP contribution in [0.5, 0.6) is 0 Å². The van der Waals surface area contributed by atoms with E-state index in [9.17, 15) is 4.79 Å². The minimum atomic E-state index is -0.228. The molecule has 6 heteroatoms. The van der Waals surface area contributed by atoms with E-state index < -0.39 is 0 Å². The van der Waals surface area contributed by atoms with E-state index in [0.29, 0.717) is 5.95 Å². The highest BCUT2D eigenvalue weighted by molar-refractivity contribution is 5.28. The molecule has 6 nitrogen and oxygen atoms in total. The van der Waals surface area contributed by atoms with Gasteiger partial charge in [0.2, 0.25) is 5.95 Å². The fraction of sp³-hybridized carbons (Fsp3) is 0.625. The highest BCUT2D eigenvalue weighted by Gasteiger charge is 2.18. The number of hydrogen-bond acceptors (Lipinski definition) is 5. The standard InChI is InChI=1S/C8H13N5O/c9-6-2-1-3-13(5-6)8-11-7(14)4-10-12-8/h4,6H,1-3,5,9H2,(H,11,12,14). The van der Waals surface area contributed by atoms with Crippen LogP contribution in [0, 0.1) is 0 Å². The third-order valence-corrected chi connectivity index (χ3v) is 2.32. The van der Waals surface area contributed by atoms with E-state index in [1.807, 2.05) is 4.90 Å². The van der Waals surface area contributed by atoms with Crippen LogP contribution in [-0.2, 0) is 0 Å². The Labute approximate surface area is 81.1 Å². The van der Waals surface area contributed by atoms with Gasteiger partial charge in [-0.2, -0.15) is 0 Å². The van der Waals surface area contributed by atoms with Crippen molar-refractivity contribution in [3.05, 3.63) is 16.6 Å². The van der Waals surface area contributed by atoms with Crippen molar-refractivity contribution in [1.82, 2.24) is 15.2 Å². The van der Waals surface area contributed by atoms with Gasteiger partial charge in [-0.05, 0) is 12.8 Å². The van der Waals surface area contributed by atoms with Gasteiger partial charge in [0.1, 0.15) is 6.20 Å². The van der Waals surface area contributed by atoms with Crippen LogP contribution in [0.15, 0.2) is 11.0 Å². The van der Waals surface area contributed by atoms with Crippen LogP contribution < -0.4 is 16.2 Å². The summed E-state index contributed by atoms with van der Waals surface area (Å²) in [5.41, 5.74) is 5.59. The summed E-state index contributed by atoms with van der Waals surface area (Å²) in [5, 5.41) is 7.47. The van der Waals surface area contributed by atoms with E-state index in [1.54, 1.807) is 0 Å². The Balaban J connectivity index is 2.18. The number of aromatic amines is 1. The highest BCUT2D eigenvalue weighted by atomic mass is 16.1. The number of hydrogen-bond donors (Lipinski definition) is 2. The largest absolute Gasteiger partial charge is 0.339 e. The highest BCUT2D eigenvalue weighted by Crippen LogP contribution is 2.12. The van der Waals surface area contributed by atoms with Crippen molar-refractivity contribution in [3.8, 4) is 0 Å². The van der Waals surface area contributed by atoms with Crippen molar-refractivity contribution < 1.29 is 0 Å². The monoisotopic (exact) mass is 195 g/mol. The first-order valence-corrected chi connectivity index (χ1v) is 4.68. The zero-order valence-electron chi connectivity index (χ0n) is 7.81. The second kappa shape index (κ2) is 3.75. The van der Waals surface area contributed by atoms with Crippen LogP contribution in [-0.4, -0.2) is 34.3 Å². The molecular formula is C8H13N5O.